The summed E-state index contributed by atoms with van der Waals surface area (Å²) in [5.41, 5.74) is 2.50. The molecule has 0 saturated heterocycles. The molecule has 1 atom stereocenters. The van der Waals surface area contributed by atoms with Gasteiger partial charge >= 0.3 is 0 Å². The first-order valence-corrected chi connectivity index (χ1v) is 6.13. The van der Waals surface area contributed by atoms with Crippen molar-refractivity contribution in [3.05, 3.63) is 24.1 Å². The molecule has 5 heteroatoms. The van der Waals surface area contributed by atoms with Crippen LogP contribution in [-0.4, -0.2) is 28.6 Å². The van der Waals surface area contributed by atoms with Crippen molar-refractivity contribution >= 4 is 28.4 Å². The molecular weight excluding hydrogens is 240 g/mol. The summed E-state index contributed by atoms with van der Waals surface area (Å²) in [4.78, 5) is 4.32. The highest BCUT2D eigenvalue weighted by molar-refractivity contribution is 6.18. The van der Waals surface area contributed by atoms with Crippen LogP contribution in [0.5, 0.6) is 0 Å². The van der Waals surface area contributed by atoms with Gasteiger partial charge in [-0.3, -0.25) is 0 Å². The van der Waals surface area contributed by atoms with Gasteiger partial charge in [0.1, 0.15) is 5.52 Å². The first-order valence-electron chi connectivity index (χ1n) is 5.60. The molecule has 2 aromatic rings. The van der Waals surface area contributed by atoms with Gasteiger partial charge in [-0.05, 0) is 12.1 Å². The van der Waals surface area contributed by atoms with Gasteiger partial charge in [0.15, 0.2) is 11.5 Å². The zero-order chi connectivity index (χ0) is 12.3. The Bertz CT molecular complexity index is 498. The number of aromatic nitrogens is 1. The standard InChI is InChI=1S/C12H15ClN2O2/c1-2-12-15-10-4-3-8(5-11(10)17-12)14-7-9(16)6-13/h3-5,9,14,16H,2,6-7H2,1H3. The fraction of sp³-hybridized carbons (Fsp3) is 0.417. The van der Waals surface area contributed by atoms with Crippen LogP contribution in [-0.2, 0) is 6.42 Å². The van der Waals surface area contributed by atoms with Gasteiger partial charge in [-0.1, -0.05) is 6.92 Å². The van der Waals surface area contributed by atoms with Crippen molar-refractivity contribution in [2.45, 2.75) is 19.4 Å². The fourth-order valence-electron chi connectivity index (χ4n) is 1.52. The van der Waals surface area contributed by atoms with E-state index in [9.17, 15) is 5.11 Å². The number of aliphatic hydroxyl groups is 1. The van der Waals surface area contributed by atoms with Gasteiger partial charge in [-0.2, -0.15) is 0 Å². The molecule has 0 aliphatic rings. The number of benzene rings is 1. The molecule has 2 rings (SSSR count). The number of hydrogen-bond donors (Lipinski definition) is 2. The third kappa shape index (κ3) is 2.90. The molecule has 0 aliphatic carbocycles. The predicted molar refractivity (Wildman–Crippen MR) is 68.6 cm³/mol. The monoisotopic (exact) mass is 254 g/mol. The lowest BCUT2D eigenvalue weighted by atomic mass is 10.3. The van der Waals surface area contributed by atoms with E-state index in [4.69, 9.17) is 16.0 Å². The highest BCUT2D eigenvalue weighted by Crippen LogP contribution is 2.20. The van der Waals surface area contributed by atoms with Crippen molar-refractivity contribution in [3.8, 4) is 0 Å². The highest BCUT2D eigenvalue weighted by atomic mass is 35.5. The second-order valence-corrected chi connectivity index (χ2v) is 4.14. The van der Waals surface area contributed by atoms with Crippen molar-refractivity contribution in [3.63, 3.8) is 0 Å². The Balaban J connectivity index is 2.13. The Labute approximate surface area is 105 Å². The molecule has 1 aromatic heterocycles. The first kappa shape index (κ1) is 12.2. The molecule has 17 heavy (non-hydrogen) atoms. The number of aryl methyl sites for hydroxylation is 1. The van der Waals surface area contributed by atoms with Crippen LogP contribution in [0.2, 0.25) is 0 Å². The van der Waals surface area contributed by atoms with Crippen molar-refractivity contribution in [1.29, 1.82) is 0 Å². The van der Waals surface area contributed by atoms with Crippen LogP contribution >= 0.6 is 11.6 Å². The van der Waals surface area contributed by atoms with Gasteiger partial charge < -0.3 is 14.8 Å². The number of anilines is 1. The molecule has 0 spiro atoms. The van der Waals surface area contributed by atoms with Gasteiger partial charge in [0, 0.05) is 24.7 Å². The predicted octanol–water partition coefficient (Wildman–Crippen LogP) is 2.40. The molecule has 1 aromatic carbocycles. The summed E-state index contributed by atoms with van der Waals surface area (Å²) >= 11 is 5.52. The van der Waals surface area contributed by atoms with Crippen molar-refractivity contribution in [2.75, 3.05) is 17.7 Å². The van der Waals surface area contributed by atoms with Crippen LogP contribution in [0.3, 0.4) is 0 Å². The minimum absolute atomic E-state index is 0.220. The summed E-state index contributed by atoms with van der Waals surface area (Å²) in [5.74, 6) is 0.954. The summed E-state index contributed by atoms with van der Waals surface area (Å²) in [6, 6.07) is 5.68. The summed E-state index contributed by atoms with van der Waals surface area (Å²) in [5, 5.41) is 12.4. The molecule has 2 N–H and O–H groups in total. The molecule has 0 aliphatic heterocycles. The molecule has 0 saturated carbocycles. The fourth-order valence-corrected chi connectivity index (χ4v) is 1.63. The molecule has 4 nitrogen and oxygen atoms in total. The van der Waals surface area contributed by atoms with Crippen LogP contribution in [0, 0.1) is 0 Å². The minimum Gasteiger partial charge on any atom is -0.441 e. The first-order chi connectivity index (χ1) is 8.22. The summed E-state index contributed by atoms with van der Waals surface area (Å²) in [7, 11) is 0. The third-order valence-electron chi connectivity index (χ3n) is 2.46. The van der Waals surface area contributed by atoms with Crippen LogP contribution in [0.1, 0.15) is 12.8 Å². The highest BCUT2D eigenvalue weighted by Gasteiger charge is 2.06. The van der Waals surface area contributed by atoms with Gasteiger partial charge in [-0.25, -0.2) is 4.98 Å². The number of aliphatic hydroxyl groups excluding tert-OH is 1. The van der Waals surface area contributed by atoms with Crippen molar-refractivity contribution < 1.29 is 9.52 Å². The Morgan fingerprint density at radius 3 is 3.06 bits per heavy atom. The Kier molecular flexibility index (Phi) is 3.86. The van der Waals surface area contributed by atoms with Crippen LogP contribution < -0.4 is 5.32 Å². The molecule has 0 amide bonds. The maximum absolute atomic E-state index is 9.34. The number of nitrogens with one attached hydrogen (secondary N) is 1. The van der Waals surface area contributed by atoms with E-state index in [1.54, 1.807) is 0 Å². The maximum Gasteiger partial charge on any atom is 0.195 e. The smallest absolute Gasteiger partial charge is 0.195 e. The van der Waals surface area contributed by atoms with E-state index in [2.05, 4.69) is 10.3 Å². The van der Waals surface area contributed by atoms with Gasteiger partial charge in [-0.15, -0.1) is 11.6 Å². The van der Waals surface area contributed by atoms with Crippen molar-refractivity contribution in [2.24, 2.45) is 0 Å². The molecule has 0 bridgehead atoms. The summed E-state index contributed by atoms with van der Waals surface area (Å²) < 4.78 is 5.55. The number of oxazole rings is 1. The van der Waals surface area contributed by atoms with Crippen LogP contribution in [0.15, 0.2) is 22.6 Å². The molecule has 1 unspecified atom stereocenters. The maximum atomic E-state index is 9.34. The Morgan fingerprint density at radius 1 is 1.53 bits per heavy atom. The quantitative estimate of drug-likeness (QED) is 0.805. The number of alkyl halides is 1. The SMILES string of the molecule is CCc1nc2ccc(NCC(O)CCl)cc2o1. The molecule has 0 fully saturated rings. The molecule has 92 valence electrons. The third-order valence-corrected chi connectivity index (χ3v) is 2.81. The van der Waals surface area contributed by atoms with E-state index >= 15 is 0 Å². The largest absolute Gasteiger partial charge is 0.441 e. The number of rotatable bonds is 5. The normalized spacial score (nSPS) is 12.9. The van der Waals surface area contributed by atoms with Crippen LogP contribution in [0.25, 0.3) is 11.1 Å². The average molecular weight is 255 g/mol. The summed E-state index contributed by atoms with van der Waals surface area (Å²) in [6.07, 6.45) is 0.232. The number of fused-ring (bicyclic) bond motifs is 1. The van der Waals surface area contributed by atoms with Gasteiger partial charge in [0.2, 0.25) is 0 Å². The van der Waals surface area contributed by atoms with Crippen molar-refractivity contribution in [1.82, 2.24) is 4.98 Å². The molecule has 1 heterocycles. The Morgan fingerprint density at radius 2 is 2.35 bits per heavy atom. The second kappa shape index (κ2) is 5.38. The lowest BCUT2D eigenvalue weighted by Gasteiger charge is -2.09. The van der Waals surface area contributed by atoms with E-state index in [0.29, 0.717) is 6.54 Å². The number of halogens is 1. The zero-order valence-electron chi connectivity index (χ0n) is 9.61. The number of nitrogens with zero attached hydrogens (tertiary/aromatic N) is 1. The van der Waals surface area contributed by atoms with Gasteiger partial charge in [0.25, 0.3) is 0 Å². The van der Waals surface area contributed by atoms with E-state index in [0.717, 1.165) is 29.1 Å². The van der Waals surface area contributed by atoms with E-state index in [1.165, 1.54) is 0 Å². The number of hydrogen-bond acceptors (Lipinski definition) is 4. The second-order valence-electron chi connectivity index (χ2n) is 3.83. The average Bonchev–Trinajstić information content (AvgIpc) is 2.77. The lowest BCUT2D eigenvalue weighted by molar-refractivity contribution is 0.211. The van der Waals surface area contributed by atoms with Gasteiger partial charge in [0.05, 0.1) is 12.0 Å². The van der Waals surface area contributed by atoms with E-state index < -0.39 is 6.10 Å². The zero-order valence-corrected chi connectivity index (χ0v) is 10.4. The lowest BCUT2D eigenvalue weighted by Crippen LogP contribution is -2.20. The van der Waals surface area contributed by atoms with E-state index in [-0.39, 0.29) is 5.88 Å². The minimum atomic E-state index is -0.548. The van der Waals surface area contributed by atoms with E-state index in [1.807, 2.05) is 25.1 Å². The topological polar surface area (TPSA) is 58.3 Å². The van der Waals surface area contributed by atoms with Crippen LogP contribution in [0.4, 0.5) is 5.69 Å². The molecule has 0 radical (unpaired) electrons. The Hall–Kier alpha value is -1.26. The summed E-state index contributed by atoms with van der Waals surface area (Å²) in [6.45, 7) is 2.42. The molecular formula is C12H15ClN2O2.